The molecule has 0 bridgehead atoms. The molecule has 0 aliphatic heterocycles. The van der Waals surface area contributed by atoms with Crippen LogP contribution in [0.3, 0.4) is 0 Å². The number of rotatable bonds is 7. The van der Waals surface area contributed by atoms with Crippen LogP contribution in [0.4, 0.5) is 16.1 Å². The number of nitrogens with one attached hydrogen (secondary N) is 2. The molecule has 0 unspecified atom stereocenters. The summed E-state index contributed by atoms with van der Waals surface area (Å²) < 4.78 is 45.7. The molecule has 0 radical (unpaired) electrons. The third kappa shape index (κ3) is 5.38. The molecule has 4 aromatic rings. The quantitative estimate of drug-likeness (QED) is 0.367. The maximum atomic E-state index is 13.0. The SMILES string of the molecule is CSc1ccc(-c2nnc(NC(=O)c3ccc(NS(=O)(=O)c4ccc(F)cc4)cc3)o2)cc1. The van der Waals surface area contributed by atoms with Crippen molar-refractivity contribution < 1.29 is 22.0 Å². The molecule has 1 heterocycles. The number of hydrogen-bond donors (Lipinski definition) is 2. The minimum atomic E-state index is -3.89. The zero-order valence-electron chi connectivity index (χ0n) is 17.2. The van der Waals surface area contributed by atoms with Crippen LogP contribution in [-0.4, -0.2) is 30.8 Å². The zero-order chi connectivity index (χ0) is 23.4. The lowest BCUT2D eigenvalue weighted by Crippen LogP contribution is -2.14. The number of carbonyl (C=O) groups excluding carboxylic acids is 1. The van der Waals surface area contributed by atoms with Gasteiger partial charge in [0.2, 0.25) is 5.89 Å². The first-order valence-corrected chi connectivity index (χ1v) is 12.2. The van der Waals surface area contributed by atoms with Gasteiger partial charge in [-0.2, -0.15) is 0 Å². The lowest BCUT2D eigenvalue weighted by molar-refractivity contribution is 0.102. The Balaban J connectivity index is 1.41. The van der Waals surface area contributed by atoms with Crippen LogP contribution in [0.2, 0.25) is 0 Å². The molecule has 0 spiro atoms. The molecule has 2 N–H and O–H groups in total. The summed E-state index contributed by atoms with van der Waals surface area (Å²) in [4.78, 5) is 13.5. The molecular formula is C22H17FN4O4S2. The lowest BCUT2D eigenvalue weighted by Gasteiger charge is -2.08. The minimum Gasteiger partial charge on any atom is -0.403 e. The van der Waals surface area contributed by atoms with Crippen LogP contribution in [0, 0.1) is 5.82 Å². The Bertz CT molecular complexity index is 1370. The summed E-state index contributed by atoms with van der Waals surface area (Å²) in [7, 11) is -3.89. The third-order valence-corrected chi connectivity index (χ3v) is 6.65. The van der Waals surface area contributed by atoms with Crippen LogP contribution in [-0.2, 0) is 10.0 Å². The molecule has 168 valence electrons. The molecule has 0 saturated heterocycles. The van der Waals surface area contributed by atoms with Crippen molar-refractivity contribution in [1.29, 1.82) is 0 Å². The van der Waals surface area contributed by atoms with E-state index in [1.807, 2.05) is 30.5 Å². The first kappa shape index (κ1) is 22.5. The fourth-order valence-corrected chi connectivity index (χ4v) is 4.28. The number of sulfonamides is 1. The number of amides is 1. The van der Waals surface area contributed by atoms with Crippen molar-refractivity contribution in [2.75, 3.05) is 16.3 Å². The van der Waals surface area contributed by atoms with Gasteiger partial charge in [0.05, 0.1) is 4.90 Å². The Hall–Kier alpha value is -3.70. The van der Waals surface area contributed by atoms with Crippen molar-refractivity contribution in [3.05, 3.63) is 84.2 Å². The van der Waals surface area contributed by atoms with E-state index < -0.39 is 21.7 Å². The highest BCUT2D eigenvalue weighted by Gasteiger charge is 2.16. The smallest absolute Gasteiger partial charge is 0.322 e. The summed E-state index contributed by atoms with van der Waals surface area (Å²) in [5.41, 5.74) is 1.21. The molecule has 33 heavy (non-hydrogen) atoms. The molecule has 3 aromatic carbocycles. The first-order chi connectivity index (χ1) is 15.8. The maximum Gasteiger partial charge on any atom is 0.322 e. The summed E-state index contributed by atoms with van der Waals surface area (Å²) in [6.07, 6.45) is 1.97. The molecular weight excluding hydrogens is 467 g/mol. The van der Waals surface area contributed by atoms with Crippen molar-refractivity contribution in [2.45, 2.75) is 9.79 Å². The summed E-state index contributed by atoms with van der Waals surface area (Å²) in [5.74, 6) is -0.773. The van der Waals surface area contributed by atoms with Crippen LogP contribution < -0.4 is 10.0 Å². The summed E-state index contributed by atoms with van der Waals surface area (Å²) >= 11 is 1.61. The number of nitrogens with zero attached hydrogens (tertiary/aromatic N) is 2. The second kappa shape index (κ2) is 9.43. The van der Waals surface area contributed by atoms with Gasteiger partial charge in [-0.3, -0.25) is 14.8 Å². The highest BCUT2D eigenvalue weighted by Crippen LogP contribution is 2.23. The van der Waals surface area contributed by atoms with Gasteiger partial charge in [0, 0.05) is 21.7 Å². The topological polar surface area (TPSA) is 114 Å². The van der Waals surface area contributed by atoms with E-state index in [0.717, 1.165) is 34.7 Å². The van der Waals surface area contributed by atoms with Gasteiger partial charge < -0.3 is 4.42 Å². The lowest BCUT2D eigenvalue weighted by atomic mass is 10.2. The molecule has 8 nitrogen and oxygen atoms in total. The molecule has 0 aliphatic carbocycles. The van der Waals surface area contributed by atoms with Gasteiger partial charge in [0.25, 0.3) is 15.9 Å². The van der Waals surface area contributed by atoms with E-state index in [9.17, 15) is 17.6 Å². The molecule has 0 aliphatic rings. The van der Waals surface area contributed by atoms with Crippen molar-refractivity contribution >= 4 is 39.4 Å². The average Bonchev–Trinajstić information content (AvgIpc) is 3.28. The standard InChI is InChI=1S/C22H17FN4O4S2/c1-32-18-10-4-15(5-11-18)21-25-26-22(31-21)24-20(28)14-2-8-17(9-3-14)27-33(29,30)19-12-6-16(23)7-13-19/h2-13,27H,1H3,(H,24,26,28). The van der Waals surface area contributed by atoms with E-state index in [0.29, 0.717) is 0 Å². The summed E-state index contributed by atoms with van der Waals surface area (Å²) in [5, 5.41) is 10.3. The number of carbonyl (C=O) groups is 1. The minimum absolute atomic E-state index is 0.0648. The average molecular weight is 485 g/mol. The van der Waals surface area contributed by atoms with Gasteiger partial charge in [0.1, 0.15) is 5.82 Å². The van der Waals surface area contributed by atoms with Crippen molar-refractivity contribution in [2.24, 2.45) is 0 Å². The van der Waals surface area contributed by atoms with Crippen molar-refractivity contribution in [3.8, 4) is 11.5 Å². The van der Waals surface area contributed by atoms with Gasteiger partial charge in [-0.15, -0.1) is 16.9 Å². The second-order valence-electron chi connectivity index (χ2n) is 6.73. The highest BCUT2D eigenvalue weighted by atomic mass is 32.2. The fraction of sp³-hybridized carbons (Fsp3) is 0.0455. The predicted molar refractivity (Wildman–Crippen MR) is 123 cm³/mol. The van der Waals surface area contributed by atoms with Gasteiger partial charge in [0.15, 0.2) is 0 Å². The van der Waals surface area contributed by atoms with E-state index in [1.54, 1.807) is 11.8 Å². The zero-order valence-corrected chi connectivity index (χ0v) is 18.8. The van der Waals surface area contributed by atoms with Gasteiger partial charge in [-0.1, -0.05) is 5.10 Å². The Morgan fingerprint density at radius 1 is 0.939 bits per heavy atom. The summed E-state index contributed by atoms with van der Waals surface area (Å²) in [6, 6.07) is 17.7. The van der Waals surface area contributed by atoms with E-state index >= 15 is 0 Å². The third-order valence-electron chi connectivity index (χ3n) is 4.51. The molecule has 0 atom stereocenters. The fourth-order valence-electron chi connectivity index (χ4n) is 2.81. The number of anilines is 2. The Morgan fingerprint density at radius 2 is 1.61 bits per heavy atom. The second-order valence-corrected chi connectivity index (χ2v) is 9.29. The van der Waals surface area contributed by atoms with Crippen LogP contribution in [0.1, 0.15) is 10.4 Å². The highest BCUT2D eigenvalue weighted by molar-refractivity contribution is 7.98. The van der Waals surface area contributed by atoms with E-state index in [1.165, 1.54) is 24.3 Å². The molecule has 4 rings (SSSR count). The Kier molecular flexibility index (Phi) is 6.43. The summed E-state index contributed by atoms with van der Waals surface area (Å²) in [6.45, 7) is 0. The number of aromatic nitrogens is 2. The van der Waals surface area contributed by atoms with E-state index in [2.05, 4.69) is 20.2 Å². The van der Waals surface area contributed by atoms with Crippen LogP contribution >= 0.6 is 11.8 Å². The Labute approximate surface area is 193 Å². The van der Waals surface area contributed by atoms with Gasteiger partial charge in [-0.25, -0.2) is 12.8 Å². The molecule has 1 amide bonds. The van der Waals surface area contributed by atoms with E-state index in [4.69, 9.17) is 4.42 Å². The number of thioether (sulfide) groups is 1. The number of benzene rings is 3. The number of halogens is 1. The predicted octanol–water partition coefficient (Wildman–Crippen LogP) is 4.65. The van der Waals surface area contributed by atoms with Crippen molar-refractivity contribution in [1.82, 2.24) is 10.2 Å². The molecule has 1 aromatic heterocycles. The molecule has 11 heteroatoms. The van der Waals surface area contributed by atoms with Crippen LogP contribution in [0.5, 0.6) is 0 Å². The molecule has 0 fully saturated rings. The van der Waals surface area contributed by atoms with Gasteiger partial charge >= 0.3 is 6.01 Å². The first-order valence-electron chi connectivity index (χ1n) is 9.52. The van der Waals surface area contributed by atoms with E-state index in [-0.39, 0.29) is 28.1 Å². The van der Waals surface area contributed by atoms with Crippen LogP contribution in [0.15, 0.2) is 87.0 Å². The van der Waals surface area contributed by atoms with Gasteiger partial charge in [-0.05, 0) is 79.1 Å². The molecule has 0 saturated carbocycles. The monoisotopic (exact) mass is 484 g/mol. The Morgan fingerprint density at radius 3 is 2.24 bits per heavy atom. The largest absolute Gasteiger partial charge is 0.403 e. The normalized spacial score (nSPS) is 11.2. The number of hydrogen-bond acceptors (Lipinski definition) is 7. The van der Waals surface area contributed by atoms with Crippen LogP contribution in [0.25, 0.3) is 11.5 Å². The van der Waals surface area contributed by atoms with Crippen molar-refractivity contribution in [3.63, 3.8) is 0 Å². The maximum absolute atomic E-state index is 13.0.